The van der Waals surface area contributed by atoms with Crippen molar-refractivity contribution in [3.05, 3.63) is 53.1 Å². The Balaban J connectivity index is 1.98. The number of carboxylic acids is 1. The highest BCUT2D eigenvalue weighted by atomic mass is 19.1. The molecule has 30 heavy (non-hydrogen) atoms. The van der Waals surface area contributed by atoms with Crippen LogP contribution in [0, 0.1) is 31.5 Å². The Hall–Kier alpha value is -2.80. The minimum Gasteiger partial charge on any atom is -0.481 e. The quantitative estimate of drug-likeness (QED) is 0.646. The maximum atomic E-state index is 13.7. The van der Waals surface area contributed by atoms with E-state index in [9.17, 15) is 19.1 Å². The maximum absolute atomic E-state index is 13.7. The normalized spacial score (nSPS) is 21.4. The molecule has 160 valence electrons. The number of carboxylic acid groups (broad SMARTS) is 1. The van der Waals surface area contributed by atoms with Crippen LogP contribution >= 0.6 is 0 Å². The Morgan fingerprint density at radius 2 is 1.90 bits per heavy atom. The van der Waals surface area contributed by atoms with Crippen molar-refractivity contribution in [3.8, 4) is 11.1 Å². The van der Waals surface area contributed by atoms with E-state index in [4.69, 9.17) is 5.73 Å². The molecule has 0 aliphatic heterocycles. The first-order valence-electron chi connectivity index (χ1n) is 10.1. The van der Waals surface area contributed by atoms with E-state index in [1.165, 1.54) is 12.1 Å². The number of nitrogens with one attached hydrogen (secondary N) is 1. The van der Waals surface area contributed by atoms with Gasteiger partial charge in [-0.05, 0) is 73.1 Å². The molecule has 1 fully saturated rings. The molecule has 0 radical (unpaired) electrons. The molecule has 1 saturated carbocycles. The van der Waals surface area contributed by atoms with Crippen molar-refractivity contribution < 1.29 is 19.1 Å². The van der Waals surface area contributed by atoms with Crippen molar-refractivity contribution in [1.29, 1.82) is 0 Å². The van der Waals surface area contributed by atoms with Crippen molar-refractivity contribution >= 4 is 11.9 Å². The van der Waals surface area contributed by atoms with Gasteiger partial charge in [0.2, 0.25) is 5.91 Å². The van der Waals surface area contributed by atoms with Crippen molar-refractivity contribution in [2.75, 3.05) is 0 Å². The largest absolute Gasteiger partial charge is 0.481 e. The van der Waals surface area contributed by atoms with E-state index in [0.717, 1.165) is 22.3 Å². The number of aryl methyl sites for hydroxylation is 2. The lowest BCUT2D eigenvalue weighted by Gasteiger charge is -2.23. The second-order valence-corrected chi connectivity index (χ2v) is 8.67. The van der Waals surface area contributed by atoms with Gasteiger partial charge in [-0.3, -0.25) is 14.6 Å². The third-order valence-corrected chi connectivity index (χ3v) is 5.71. The number of nitrogens with zero attached hydrogens (tertiary/aromatic N) is 1. The molecule has 1 amide bonds. The molecule has 1 unspecified atom stereocenters. The molecule has 6 nitrogen and oxygen atoms in total. The van der Waals surface area contributed by atoms with Gasteiger partial charge in [0, 0.05) is 18.0 Å². The van der Waals surface area contributed by atoms with Crippen molar-refractivity contribution in [3.63, 3.8) is 0 Å². The molecule has 3 atom stereocenters. The Labute approximate surface area is 175 Å². The smallest absolute Gasteiger partial charge is 0.309 e. The van der Waals surface area contributed by atoms with Crippen LogP contribution in [0.3, 0.4) is 0 Å². The standard InChI is InChI=1S/C23H28FN3O3/c1-12(2)5-19(25)21(28)27-23(9-18(23)22(29)30)16-8-15(10-26-11-16)20-13(3)6-17(24)7-14(20)4/h6-8,10-12,18-19H,5,9,25H2,1-4H3,(H,27,28)(H,29,30)/t18?,19-,23-/m0/s1. The van der Waals surface area contributed by atoms with Gasteiger partial charge in [-0.2, -0.15) is 0 Å². The molecule has 2 aromatic rings. The summed E-state index contributed by atoms with van der Waals surface area (Å²) in [6.45, 7) is 7.58. The maximum Gasteiger partial charge on any atom is 0.309 e. The summed E-state index contributed by atoms with van der Waals surface area (Å²) in [4.78, 5) is 28.7. The zero-order chi connectivity index (χ0) is 22.2. The minimum absolute atomic E-state index is 0.241. The molecule has 1 aliphatic rings. The van der Waals surface area contributed by atoms with E-state index in [1.807, 2.05) is 33.8 Å². The number of benzene rings is 1. The van der Waals surface area contributed by atoms with Crippen LogP contribution in [-0.4, -0.2) is 28.0 Å². The number of hydrogen-bond donors (Lipinski definition) is 3. The van der Waals surface area contributed by atoms with Crippen LogP contribution in [0.1, 0.15) is 43.4 Å². The summed E-state index contributed by atoms with van der Waals surface area (Å²) in [6, 6.07) is 4.02. The molecule has 7 heteroatoms. The van der Waals surface area contributed by atoms with Crippen LogP contribution in [0.25, 0.3) is 11.1 Å². The summed E-state index contributed by atoms with van der Waals surface area (Å²) in [7, 11) is 0. The van der Waals surface area contributed by atoms with Gasteiger partial charge in [-0.15, -0.1) is 0 Å². The highest BCUT2D eigenvalue weighted by molar-refractivity contribution is 5.86. The molecule has 1 aromatic carbocycles. The first-order valence-corrected chi connectivity index (χ1v) is 10.1. The average molecular weight is 413 g/mol. The number of pyridine rings is 1. The first-order chi connectivity index (χ1) is 14.0. The lowest BCUT2D eigenvalue weighted by Crippen LogP contribution is -2.47. The molecule has 1 heterocycles. The van der Waals surface area contributed by atoms with Gasteiger partial charge in [0.1, 0.15) is 5.82 Å². The van der Waals surface area contributed by atoms with Crippen LogP contribution in [-0.2, 0) is 15.1 Å². The van der Waals surface area contributed by atoms with Crippen molar-refractivity contribution in [1.82, 2.24) is 10.3 Å². The summed E-state index contributed by atoms with van der Waals surface area (Å²) in [5, 5.41) is 12.5. The second-order valence-electron chi connectivity index (χ2n) is 8.67. The van der Waals surface area contributed by atoms with Crippen molar-refractivity contribution in [2.45, 2.75) is 52.1 Å². The number of rotatable bonds is 7. The third-order valence-electron chi connectivity index (χ3n) is 5.71. The Morgan fingerprint density at radius 1 is 1.27 bits per heavy atom. The number of aliphatic carboxylic acids is 1. The monoisotopic (exact) mass is 413 g/mol. The van der Waals surface area contributed by atoms with E-state index >= 15 is 0 Å². The van der Waals surface area contributed by atoms with E-state index in [1.54, 1.807) is 12.4 Å². The molecule has 0 spiro atoms. The van der Waals surface area contributed by atoms with Crippen molar-refractivity contribution in [2.24, 2.45) is 17.6 Å². The SMILES string of the molecule is Cc1cc(F)cc(C)c1-c1cncc([C@@]2(NC(=O)[C@@H](N)CC(C)C)CC2C(=O)O)c1. The topological polar surface area (TPSA) is 105 Å². The predicted molar refractivity (Wildman–Crippen MR) is 112 cm³/mol. The molecule has 1 aliphatic carbocycles. The number of carbonyl (C=O) groups excluding carboxylic acids is 1. The van der Waals surface area contributed by atoms with Crippen LogP contribution in [0.15, 0.2) is 30.6 Å². The third kappa shape index (κ3) is 4.21. The molecule has 3 rings (SSSR count). The van der Waals surface area contributed by atoms with Crippen LogP contribution in [0.4, 0.5) is 4.39 Å². The number of amides is 1. The Kier molecular flexibility index (Phi) is 5.94. The number of aromatic nitrogens is 1. The molecule has 4 N–H and O–H groups in total. The fourth-order valence-electron chi connectivity index (χ4n) is 4.20. The van der Waals surface area contributed by atoms with E-state index in [2.05, 4.69) is 10.3 Å². The number of halogens is 1. The van der Waals surface area contributed by atoms with E-state index in [0.29, 0.717) is 12.0 Å². The average Bonchev–Trinajstić information content (AvgIpc) is 3.36. The van der Waals surface area contributed by atoms with Gasteiger partial charge >= 0.3 is 5.97 Å². The van der Waals surface area contributed by atoms with E-state index in [-0.39, 0.29) is 24.1 Å². The zero-order valence-electron chi connectivity index (χ0n) is 17.7. The summed E-state index contributed by atoms with van der Waals surface area (Å²) < 4.78 is 13.7. The molecular formula is C23H28FN3O3. The fourth-order valence-corrected chi connectivity index (χ4v) is 4.20. The summed E-state index contributed by atoms with van der Waals surface area (Å²) in [5.41, 5.74) is 8.70. The lowest BCUT2D eigenvalue weighted by molar-refractivity contribution is -0.139. The summed E-state index contributed by atoms with van der Waals surface area (Å²) in [6.07, 6.45) is 4.02. The van der Waals surface area contributed by atoms with Crippen LogP contribution in [0.2, 0.25) is 0 Å². The molecule has 0 bridgehead atoms. The van der Waals surface area contributed by atoms with Gasteiger partial charge in [-0.1, -0.05) is 13.8 Å². The lowest BCUT2D eigenvalue weighted by atomic mass is 9.93. The first kappa shape index (κ1) is 21.9. The van der Waals surface area contributed by atoms with E-state index < -0.39 is 23.5 Å². The summed E-state index contributed by atoms with van der Waals surface area (Å²) >= 11 is 0. The van der Waals surface area contributed by atoms with Crippen LogP contribution < -0.4 is 11.1 Å². The Bertz CT molecular complexity index is 968. The van der Waals surface area contributed by atoms with Gasteiger partial charge in [0.05, 0.1) is 17.5 Å². The number of carbonyl (C=O) groups is 2. The second kappa shape index (κ2) is 8.14. The fraction of sp³-hybridized carbons (Fsp3) is 0.435. The van der Waals surface area contributed by atoms with Gasteiger partial charge in [0.15, 0.2) is 0 Å². The molecule has 1 aromatic heterocycles. The summed E-state index contributed by atoms with van der Waals surface area (Å²) in [5.74, 6) is -2.17. The van der Waals surface area contributed by atoms with Gasteiger partial charge in [-0.25, -0.2) is 4.39 Å². The van der Waals surface area contributed by atoms with Gasteiger partial charge in [0.25, 0.3) is 0 Å². The number of hydrogen-bond acceptors (Lipinski definition) is 4. The number of nitrogens with two attached hydrogens (primary N) is 1. The Morgan fingerprint density at radius 3 is 2.43 bits per heavy atom. The predicted octanol–water partition coefficient (Wildman–Crippen LogP) is 3.29. The molecular weight excluding hydrogens is 385 g/mol. The highest BCUT2D eigenvalue weighted by Crippen LogP contribution is 2.52. The zero-order valence-corrected chi connectivity index (χ0v) is 17.7. The van der Waals surface area contributed by atoms with Gasteiger partial charge < -0.3 is 16.2 Å². The highest BCUT2D eigenvalue weighted by Gasteiger charge is 2.61. The van der Waals surface area contributed by atoms with Crippen LogP contribution in [0.5, 0.6) is 0 Å². The minimum atomic E-state index is -1.04. The molecule has 0 saturated heterocycles.